The maximum absolute atomic E-state index is 13.1. The van der Waals surface area contributed by atoms with E-state index in [4.69, 9.17) is 16.1 Å². The zero-order valence-corrected chi connectivity index (χ0v) is 17.8. The van der Waals surface area contributed by atoms with Crippen molar-refractivity contribution in [3.63, 3.8) is 0 Å². The van der Waals surface area contributed by atoms with E-state index in [0.717, 1.165) is 36.1 Å². The molecule has 1 aromatic carbocycles. The molecule has 1 fully saturated rings. The zero-order valence-electron chi connectivity index (χ0n) is 15.4. The molecule has 0 unspecified atom stereocenters. The molecule has 9 heteroatoms. The third-order valence-corrected chi connectivity index (χ3v) is 8.20. The first-order valence-electron chi connectivity index (χ1n) is 9.16. The highest BCUT2D eigenvalue weighted by atomic mass is 35.5. The van der Waals surface area contributed by atoms with Crippen LogP contribution < -0.4 is 0 Å². The summed E-state index contributed by atoms with van der Waals surface area (Å²) in [5.41, 5.74) is 0.744. The van der Waals surface area contributed by atoms with E-state index < -0.39 is 10.0 Å². The molecule has 1 saturated heterocycles. The Morgan fingerprint density at radius 2 is 1.89 bits per heavy atom. The summed E-state index contributed by atoms with van der Waals surface area (Å²) in [5.74, 6) is 0.723. The van der Waals surface area contributed by atoms with Crippen LogP contribution in [-0.4, -0.2) is 36.0 Å². The Morgan fingerprint density at radius 3 is 2.61 bits per heavy atom. The second-order valence-corrected chi connectivity index (χ2v) is 10.4. The van der Waals surface area contributed by atoms with Crippen LogP contribution in [0.5, 0.6) is 0 Å². The molecule has 0 atom stereocenters. The molecule has 1 aliphatic rings. The predicted octanol–water partition coefficient (Wildman–Crippen LogP) is 4.99. The van der Waals surface area contributed by atoms with Gasteiger partial charge < -0.3 is 4.52 Å². The van der Waals surface area contributed by atoms with Gasteiger partial charge in [-0.2, -0.15) is 9.29 Å². The average molecular weight is 438 g/mol. The van der Waals surface area contributed by atoms with Crippen LogP contribution in [0.15, 0.2) is 39.8 Å². The summed E-state index contributed by atoms with van der Waals surface area (Å²) in [5, 5.41) is 4.59. The van der Waals surface area contributed by atoms with Crippen LogP contribution >= 0.6 is 22.9 Å². The van der Waals surface area contributed by atoms with Crippen LogP contribution in [-0.2, 0) is 10.0 Å². The fourth-order valence-electron chi connectivity index (χ4n) is 3.32. The fraction of sp³-hybridized carbons (Fsp3) is 0.368. The van der Waals surface area contributed by atoms with Crippen molar-refractivity contribution in [2.75, 3.05) is 13.1 Å². The van der Waals surface area contributed by atoms with Crippen molar-refractivity contribution in [3.05, 3.63) is 40.2 Å². The van der Waals surface area contributed by atoms with E-state index in [-0.39, 0.29) is 0 Å². The second-order valence-electron chi connectivity index (χ2n) is 6.78. The minimum absolute atomic E-state index is 0.306. The van der Waals surface area contributed by atoms with E-state index in [2.05, 4.69) is 10.1 Å². The van der Waals surface area contributed by atoms with Gasteiger partial charge in [0, 0.05) is 28.6 Å². The Balaban J connectivity index is 1.65. The minimum Gasteiger partial charge on any atom is -0.333 e. The summed E-state index contributed by atoms with van der Waals surface area (Å²) < 4.78 is 33.2. The van der Waals surface area contributed by atoms with Gasteiger partial charge in [0.25, 0.3) is 5.89 Å². The lowest BCUT2D eigenvalue weighted by Gasteiger charge is -2.19. The smallest absolute Gasteiger partial charge is 0.268 e. The summed E-state index contributed by atoms with van der Waals surface area (Å²) in [6.45, 7) is 2.96. The largest absolute Gasteiger partial charge is 0.333 e. The van der Waals surface area contributed by atoms with Crippen LogP contribution in [0.1, 0.15) is 30.6 Å². The molecule has 0 amide bonds. The Bertz CT molecular complexity index is 1080. The van der Waals surface area contributed by atoms with Gasteiger partial charge in [0.05, 0.1) is 9.77 Å². The highest BCUT2D eigenvalue weighted by molar-refractivity contribution is 7.89. The van der Waals surface area contributed by atoms with Crippen molar-refractivity contribution in [1.29, 1.82) is 0 Å². The number of rotatable bonds is 4. The van der Waals surface area contributed by atoms with Gasteiger partial charge in [-0.05, 0) is 38.0 Å². The van der Waals surface area contributed by atoms with Crippen molar-refractivity contribution in [2.24, 2.45) is 0 Å². The van der Waals surface area contributed by atoms with Crippen molar-refractivity contribution >= 4 is 33.0 Å². The Morgan fingerprint density at radius 1 is 1.14 bits per heavy atom. The van der Waals surface area contributed by atoms with E-state index in [9.17, 15) is 8.42 Å². The van der Waals surface area contributed by atoms with Gasteiger partial charge in [-0.3, -0.25) is 0 Å². The quantitative estimate of drug-likeness (QED) is 0.574. The molecule has 4 rings (SSSR count). The van der Waals surface area contributed by atoms with Crippen LogP contribution in [0, 0.1) is 6.92 Å². The lowest BCUT2D eigenvalue weighted by molar-refractivity contribution is 0.423. The number of aryl methyl sites for hydroxylation is 1. The van der Waals surface area contributed by atoms with E-state index in [1.807, 2.05) is 19.1 Å². The molecule has 0 radical (unpaired) electrons. The number of aromatic nitrogens is 2. The van der Waals surface area contributed by atoms with Crippen molar-refractivity contribution in [2.45, 2.75) is 37.5 Å². The maximum Gasteiger partial charge on any atom is 0.268 e. The molecule has 0 spiro atoms. The van der Waals surface area contributed by atoms with Gasteiger partial charge in [-0.25, -0.2) is 8.42 Å². The molecule has 28 heavy (non-hydrogen) atoms. The molecule has 0 saturated carbocycles. The Labute approximate surface area is 173 Å². The van der Waals surface area contributed by atoms with Crippen molar-refractivity contribution < 1.29 is 12.9 Å². The number of halogens is 1. The molecule has 1 aliphatic heterocycles. The van der Waals surface area contributed by atoms with Gasteiger partial charge in [-0.15, -0.1) is 11.3 Å². The molecule has 2 aromatic heterocycles. The topological polar surface area (TPSA) is 76.3 Å². The molecule has 3 aromatic rings. The van der Waals surface area contributed by atoms with Crippen LogP contribution in [0.4, 0.5) is 0 Å². The van der Waals surface area contributed by atoms with E-state index >= 15 is 0 Å². The summed E-state index contributed by atoms with van der Waals surface area (Å²) >= 11 is 7.37. The molecule has 148 valence electrons. The highest BCUT2D eigenvalue weighted by Gasteiger charge is 2.29. The summed E-state index contributed by atoms with van der Waals surface area (Å²) in [7, 11) is -3.52. The first-order valence-corrected chi connectivity index (χ1v) is 11.8. The van der Waals surface area contributed by atoms with Crippen LogP contribution in [0.25, 0.3) is 22.2 Å². The van der Waals surface area contributed by atoms with Gasteiger partial charge in [-0.1, -0.05) is 41.7 Å². The summed E-state index contributed by atoms with van der Waals surface area (Å²) in [4.78, 5) is 6.12. The lowest BCUT2D eigenvalue weighted by atomic mass is 10.2. The number of benzene rings is 1. The number of hydrogen-bond acceptors (Lipinski definition) is 6. The van der Waals surface area contributed by atoms with Crippen LogP contribution in [0.3, 0.4) is 0 Å². The number of thiophene rings is 1. The first-order chi connectivity index (χ1) is 13.4. The highest BCUT2D eigenvalue weighted by Crippen LogP contribution is 2.35. The maximum atomic E-state index is 13.1. The Kier molecular flexibility index (Phi) is 5.55. The second kappa shape index (κ2) is 7.94. The van der Waals surface area contributed by atoms with Crippen molar-refractivity contribution in [1.82, 2.24) is 14.4 Å². The predicted molar refractivity (Wildman–Crippen MR) is 110 cm³/mol. The van der Waals surface area contributed by atoms with Gasteiger partial charge in [0.2, 0.25) is 15.8 Å². The Hall–Kier alpha value is -1.74. The van der Waals surface area contributed by atoms with Crippen LogP contribution in [0.2, 0.25) is 5.02 Å². The molecule has 0 aliphatic carbocycles. The van der Waals surface area contributed by atoms with Crippen molar-refractivity contribution in [3.8, 4) is 22.2 Å². The SMILES string of the molecule is Cc1sc(-c2nc(-c3cccc(Cl)c3)no2)cc1S(=O)(=O)N1CCCCCC1. The van der Waals surface area contributed by atoms with E-state index in [1.54, 1.807) is 22.5 Å². The lowest BCUT2D eigenvalue weighted by Crippen LogP contribution is -2.32. The number of nitrogens with zero attached hydrogens (tertiary/aromatic N) is 3. The number of hydrogen-bond donors (Lipinski definition) is 0. The van der Waals surface area contributed by atoms with Gasteiger partial charge in [0.15, 0.2) is 0 Å². The van der Waals surface area contributed by atoms with Gasteiger partial charge >= 0.3 is 0 Å². The minimum atomic E-state index is -3.52. The molecular weight excluding hydrogens is 418 g/mol. The first kappa shape index (κ1) is 19.6. The normalized spacial score (nSPS) is 16.2. The zero-order chi connectivity index (χ0) is 19.7. The summed E-state index contributed by atoms with van der Waals surface area (Å²) in [6.07, 6.45) is 3.96. The average Bonchev–Trinajstić information content (AvgIpc) is 3.20. The molecule has 6 nitrogen and oxygen atoms in total. The third-order valence-electron chi connectivity index (χ3n) is 4.77. The number of sulfonamides is 1. The molecular formula is C19H20ClN3O3S2. The molecule has 0 N–H and O–H groups in total. The molecule has 3 heterocycles. The molecule has 0 bridgehead atoms. The van der Waals surface area contributed by atoms with Gasteiger partial charge in [0.1, 0.15) is 0 Å². The third kappa shape index (κ3) is 3.87. The van der Waals surface area contributed by atoms with E-state index in [0.29, 0.717) is 39.6 Å². The van der Waals surface area contributed by atoms with E-state index in [1.165, 1.54) is 11.3 Å². The monoisotopic (exact) mass is 437 g/mol. The fourth-order valence-corrected chi connectivity index (χ4v) is 6.51. The summed E-state index contributed by atoms with van der Waals surface area (Å²) in [6, 6.07) is 8.83. The standard InChI is InChI=1S/C19H20ClN3O3S2/c1-13-17(28(24,25)23-9-4-2-3-5-10-23)12-16(27-13)19-21-18(22-26-19)14-7-6-8-15(20)11-14/h6-8,11-12H,2-5,9-10H2,1H3.